The SMILES string of the molecule is CC(C)(C)c1ccc(-c2nc(-c3ccc(C(C)(C)C)cc3)nc(-c3cc(Br)cc(I)c3)n2)cc1. The number of hydrogen-bond acceptors (Lipinski definition) is 3. The maximum absolute atomic E-state index is 4.89. The summed E-state index contributed by atoms with van der Waals surface area (Å²) < 4.78 is 2.12. The smallest absolute Gasteiger partial charge is 0.164 e. The van der Waals surface area contributed by atoms with E-state index in [-0.39, 0.29) is 10.8 Å². The Morgan fingerprint density at radius 1 is 0.559 bits per heavy atom. The number of halogens is 2. The fourth-order valence-electron chi connectivity index (χ4n) is 3.68. The number of rotatable bonds is 3. The fraction of sp³-hybridized carbons (Fsp3) is 0.276. The lowest BCUT2D eigenvalue weighted by molar-refractivity contribution is 0.590. The van der Waals surface area contributed by atoms with Gasteiger partial charge in [0.2, 0.25) is 0 Å². The summed E-state index contributed by atoms with van der Waals surface area (Å²) >= 11 is 5.93. The van der Waals surface area contributed by atoms with Gasteiger partial charge in [0.05, 0.1) is 0 Å². The predicted octanol–water partition coefficient (Wildman–Crippen LogP) is 8.83. The quantitative estimate of drug-likeness (QED) is 0.214. The molecule has 5 heteroatoms. The molecule has 4 aromatic rings. The number of hydrogen-bond donors (Lipinski definition) is 0. The first-order valence-corrected chi connectivity index (χ1v) is 13.2. The third-order valence-corrected chi connectivity index (χ3v) is 6.86. The number of nitrogens with zero attached hydrogens (tertiary/aromatic N) is 3. The van der Waals surface area contributed by atoms with Gasteiger partial charge < -0.3 is 0 Å². The maximum Gasteiger partial charge on any atom is 0.164 e. The van der Waals surface area contributed by atoms with Gasteiger partial charge in [0.25, 0.3) is 0 Å². The summed E-state index contributed by atoms with van der Waals surface area (Å²) in [7, 11) is 0. The van der Waals surface area contributed by atoms with Gasteiger partial charge in [-0.1, -0.05) is 106 Å². The lowest BCUT2D eigenvalue weighted by Crippen LogP contribution is -2.10. The molecule has 0 spiro atoms. The highest BCUT2D eigenvalue weighted by Gasteiger charge is 2.17. The van der Waals surface area contributed by atoms with Crippen LogP contribution in [0.4, 0.5) is 0 Å². The van der Waals surface area contributed by atoms with Crippen LogP contribution in [0.15, 0.2) is 71.2 Å². The lowest BCUT2D eigenvalue weighted by atomic mass is 9.86. The largest absolute Gasteiger partial charge is 0.208 e. The lowest BCUT2D eigenvalue weighted by Gasteiger charge is -2.19. The molecule has 34 heavy (non-hydrogen) atoms. The van der Waals surface area contributed by atoms with Gasteiger partial charge in [0.15, 0.2) is 17.5 Å². The molecule has 0 radical (unpaired) electrons. The van der Waals surface area contributed by atoms with E-state index in [0.717, 1.165) is 24.7 Å². The fourth-order valence-corrected chi connectivity index (χ4v) is 5.28. The summed E-state index contributed by atoms with van der Waals surface area (Å²) in [6, 6.07) is 23.3. The van der Waals surface area contributed by atoms with Gasteiger partial charge in [-0.15, -0.1) is 0 Å². The van der Waals surface area contributed by atoms with Crippen LogP contribution in [0, 0.1) is 3.57 Å². The second kappa shape index (κ2) is 9.50. The molecule has 174 valence electrons. The van der Waals surface area contributed by atoms with Crippen molar-refractivity contribution in [2.75, 3.05) is 0 Å². The first-order chi connectivity index (χ1) is 15.9. The third-order valence-electron chi connectivity index (χ3n) is 5.77. The first kappa shape index (κ1) is 25.0. The molecule has 0 saturated carbocycles. The van der Waals surface area contributed by atoms with Crippen LogP contribution in [0.2, 0.25) is 0 Å². The Hall–Kier alpha value is -2.12. The van der Waals surface area contributed by atoms with Crippen molar-refractivity contribution in [3.63, 3.8) is 0 Å². The minimum atomic E-state index is 0.0930. The highest BCUT2D eigenvalue weighted by molar-refractivity contribution is 14.1. The summed E-state index contributed by atoms with van der Waals surface area (Å²) in [6.07, 6.45) is 0. The molecule has 1 heterocycles. The first-order valence-electron chi connectivity index (χ1n) is 11.3. The molecule has 3 aromatic carbocycles. The molecule has 3 nitrogen and oxygen atoms in total. The summed E-state index contributed by atoms with van der Waals surface area (Å²) in [5, 5.41) is 0. The van der Waals surface area contributed by atoms with E-state index in [1.54, 1.807) is 0 Å². The number of aromatic nitrogens is 3. The zero-order valence-electron chi connectivity index (χ0n) is 20.4. The van der Waals surface area contributed by atoms with Crippen molar-refractivity contribution in [2.24, 2.45) is 0 Å². The summed E-state index contributed by atoms with van der Waals surface area (Å²) in [5.74, 6) is 2.02. The van der Waals surface area contributed by atoms with Gasteiger partial charge in [0.1, 0.15) is 0 Å². The molecule has 0 unspecified atom stereocenters. The molecule has 0 aliphatic rings. The van der Waals surface area contributed by atoms with Crippen molar-refractivity contribution in [3.8, 4) is 34.2 Å². The summed E-state index contributed by atoms with van der Waals surface area (Å²) in [5.41, 5.74) is 5.67. The van der Waals surface area contributed by atoms with Crippen LogP contribution in [0.25, 0.3) is 34.2 Å². The maximum atomic E-state index is 4.89. The van der Waals surface area contributed by atoms with Crippen molar-refractivity contribution < 1.29 is 0 Å². The zero-order valence-corrected chi connectivity index (χ0v) is 24.2. The molecule has 0 N–H and O–H groups in total. The van der Waals surface area contributed by atoms with E-state index in [9.17, 15) is 0 Å². The van der Waals surface area contributed by atoms with Crippen molar-refractivity contribution in [2.45, 2.75) is 52.4 Å². The van der Waals surface area contributed by atoms with E-state index in [1.807, 2.05) is 0 Å². The van der Waals surface area contributed by atoms with Crippen molar-refractivity contribution >= 4 is 38.5 Å². The van der Waals surface area contributed by atoms with Crippen LogP contribution in [-0.4, -0.2) is 15.0 Å². The van der Waals surface area contributed by atoms with Crippen LogP contribution in [-0.2, 0) is 10.8 Å². The van der Waals surface area contributed by atoms with Crippen LogP contribution in [0.5, 0.6) is 0 Å². The van der Waals surface area contributed by atoms with E-state index in [1.165, 1.54) is 11.1 Å². The average Bonchev–Trinajstić information content (AvgIpc) is 2.77. The molecular formula is C29H29BrIN3. The van der Waals surface area contributed by atoms with Gasteiger partial charge in [-0.2, -0.15) is 0 Å². The molecule has 0 fully saturated rings. The Morgan fingerprint density at radius 3 is 1.29 bits per heavy atom. The van der Waals surface area contributed by atoms with Gasteiger partial charge >= 0.3 is 0 Å². The minimum absolute atomic E-state index is 0.0930. The topological polar surface area (TPSA) is 38.7 Å². The molecule has 0 atom stereocenters. The van der Waals surface area contributed by atoms with Gasteiger partial charge in [-0.3, -0.25) is 0 Å². The molecule has 0 saturated heterocycles. The Kier molecular flexibility index (Phi) is 6.98. The van der Waals surface area contributed by atoms with Gasteiger partial charge in [-0.05, 0) is 62.7 Å². The second-order valence-corrected chi connectivity index (χ2v) is 12.8. The highest BCUT2D eigenvalue weighted by atomic mass is 127. The van der Waals surface area contributed by atoms with Crippen LogP contribution in [0.1, 0.15) is 52.7 Å². The summed E-state index contributed by atoms with van der Waals surface area (Å²) in [6.45, 7) is 13.3. The average molecular weight is 626 g/mol. The van der Waals surface area contributed by atoms with Crippen LogP contribution in [0.3, 0.4) is 0 Å². The molecular weight excluding hydrogens is 597 g/mol. The molecule has 0 aliphatic carbocycles. The monoisotopic (exact) mass is 625 g/mol. The Balaban J connectivity index is 1.86. The Labute approximate surface area is 224 Å². The van der Waals surface area contributed by atoms with Gasteiger partial charge in [-0.25, -0.2) is 15.0 Å². The third kappa shape index (κ3) is 5.74. The van der Waals surface area contributed by atoms with E-state index < -0.39 is 0 Å². The number of benzene rings is 3. The van der Waals surface area contributed by atoms with Crippen molar-refractivity contribution in [1.29, 1.82) is 0 Å². The second-order valence-electron chi connectivity index (χ2n) is 10.6. The van der Waals surface area contributed by atoms with Crippen molar-refractivity contribution in [1.82, 2.24) is 15.0 Å². The van der Waals surface area contributed by atoms with Crippen molar-refractivity contribution in [3.05, 3.63) is 85.9 Å². The minimum Gasteiger partial charge on any atom is -0.208 e. The summed E-state index contributed by atoms with van der Waals surface area (Å²) in [4.78, 5) is 14.7. The normalized spacial score (nSPS) is 12.1. The predicted molar refractivity (Wildman–Crippen MR) is 154 cm³/mol. The Morgan fingerprint density at radius 2 is 0.941 bits per heavy atom. The van der Waals surface area contributed by atoms with E-state index in [4.69, 9.17) is 15.0 Å². The van der Waals surface area contributed by atoms with Crippen LogP contribution >= 0.6 is 38.5 Å². The standard InChI is InChI=1S/C29H29BrIN3/c1-28(2,3)21-11-7-18(8-12-21)25-32-26(19-9-13-22(14-10-19)29(4,5)6)34-27(33-25)20-15-23(30)17-24(31)16-20/h7-17H,1-6H3. The molecule has 0 bridgehead atoms. The van der Waals surface area contributed by atoms with Gasteiger partial charge in [0, 0.05) is 24.7 Å². The van der Waals surface area contributed by atoms with Crippen LogP contribution < -0.4 is 0 Å². The van der Waals surface area contributed by atoms with E-state index >= 15 is 0 Å². The van der Waals surface area contributed by atoms with E-state index in [0.29, 0.717) is 17.5 Å². The highest BCUT2D eigenvalue weighted by Crippen LogP contribution is 2.30. The van der Waals surface area contributed by atoms with E-state index in [2.05, 4.69) is 147 Å². The Bertz CT molecular complexity index is 1220. The molecule has 0 aliphatic heterocycles. The molecule has 1 aromatic heterocycles. The molecule has 4 rings (SSSR count). The molecule has 0 amide bonds. The zero-order chi connectivity index (χ0) is 24.7.